The van der Waals surface area contributed by atoms with Crippen LogP contribution in [0.2, 0.25) is 26.2 Å². The molecule has 0 N–H and O–H groups in total. The van der Waals surface area contributed by atoms with E-state index in [1.54, 1.807) is 46.7 Å². The Hall–Kier alpha value is -2.16. The van der Waals surface area contributed by atoms with Crippen LogP contribution in [-0.4, -0.2) is 10.9 Å². The number of hydrogen-bond donors (Lipinski definition) is 0. The number of benzene rings is 4. The monoisotopic (exact) mass is 990 g/mol. The molecule has 2 atom stereocenters. The van der Waals surface area contributed by atoms with Crippen molar-refractivity contribution < 1.29 is 71.5 Å². The molecule has 2 unspecified atom stereocenters. The summed E-state index contributed by atoms with van der Waals surface area (Å²) in [4.78, 5) is 0. The van der Waals surface area contributed by atoms with E-state index in [0.29, 0.717) is 11.8 Å². The van der Waals surface area contributed by atoms with E-state index < -0.39 is 0 Å². The normalized spacial score (nSPS) is 14.6. The van der Waals surface area contributed by atoms with Gasteiger partial charge in [-0.2, -0.15) is 34.4 Å². The van der Waals surface area contributed by atoms with E-state index in [1.807, 2.05) is 12.1 Å². The van der Waals surface area contributed by atoms with E-state index in [-0.39, 0.29) is 35.7 Å². The van der Waals surface area contributed by atoms with Gasteiger partial charge < -0.3 is 24.8 Å². The van der Waals surface area contributed by atoms with Gasteiger partial charge in [0.25, 0.3) is 0 Å². The summed E-state index contributed by atoms with van der Waals surface area (Å²) in [5, 5.41) is 5.51. The number of aryl methyl sites for hydroxylation is 4. The molecule has 2 aliphatic rings. The Balaban J connectivity index is 0.000000361. The van der Waals surface area contributed by atoms with Crippen LogP contribution in [0.4, 0.5) is 0 Å². The first-order chi connectivity index (χ1) is 26.6. The van der Waals surface area contributed by atoms with Crippen LogP contribution in [0.5, 0.6) is 0 Å². The fourth-order valence-electron chi connectivity index (χ4n) is 6.57. The van der Waals surface area contributed by atoms with Crippen LogP contribution < -0.4 is 24.8 Å². The molecule has 0 aliphatic heterocycles. The Morgan fingerprint density at radius 1 is 0.466 bits per heavy atom. The van der Waals surface area contributed by atoms with Gasteiger partial charge in [0.15, 0.2) is 0 Å². The molecule has 6 heteroatoms. The number of halogens is 2. The van der Waals surface area contributed by atoms with Crippen molar-refractivity contribution in [2.75, 3.05) is 0 Å². The van der Waals surface area contributed by atoms with E-state index in [4.69, 9.17) is 0 Å². The van der Waals surface area contributed by atoms with Crippen molar-refractivity contribution >= 4 is 43.6 Å². The zero-order valence-electron chi connectivity index (χ0n) is 36.6. The van der Waals surface area contributed by atoms with Gasteiger partial charge in [-0.3, -0.25) is 12.2 Å². The topological polar surface area (TPSA) is 0 Å². The van der Waals surface area contributed by atoms with Crippen LogP contribution in [0, 0.1) is 51.7 Å². The maximum atomic E-state index is 3.39. The average Bonchev–Trinajstić information content (AvgIpc) is 3.87. The zero-order chi connectivity index (χ0) is 41.4. The van der Waals surface area contributed by atoms with Gasteiger partial charge in [-0.15, -0.1) is 92.3 Å². The number of hydrogen-bond acceptors (Lipinski definition) is 0. The summed E-state index contributed by atoms with van der Waals surface area (Å²) in [6.07, 6.45) is 11.3. The maximum Gasteiger partial charge on any atom is -0.0576 e. The summed E-state index contributed by atoms with van der Waals surface area (Å²) in [5.74, 6) is 0.936. The van der Waals surface area contributed by atoms with Crippen molar-refractivity contribution in [3.05, 3.63) is 190 Å². The molecule has 300 valence electrons. The molecule has 0 saturated carbocycles. The average molecular weight is 995 g/mol. The Bertz CT molecular complexity index is 2150. The Kier molecular flexibility index (Phi) is 25.7. The van der Waals surface area contributed by atoms with Gasteiger partial charge in [-0.05, 0) is 0 Å². The van der Waals surface area contributed by atoms with Crippen LogP contribution in [0.15, 0.2) is 145 Å². The van der Waals surface area contributed by atoms with Crippen molar-refractivity contribution in [3.63, 3.8) is 0 Å². The quantitative estimate of drug-likeness (QED) is 0.120. The summed E-state index contributed by atoms with van der Waals surface area (Å²) in [6, 6.07) is 42.5. The molecule has 0 radical (unpaired) electrons. The fraction of sp³-hybridized carbons (Fsp3) is 0.269. The molecule has 6 aromatic rings. The molecule has 0 bridgehead atoms. The molecule has 0 aromatic heterocycles. The molecule has 58 heavy (non-hydrogen) atoms. The molecule has 8 rings (SSSR count). The minimum atomic E-state index is 0. The van der Waals surface area contributed by atoms with Gasteiger partial charge >= 0.3 is 83.7 Å². The van der Waals surface area contributed by atoms with Crippen LogP contribution in [0.3, 0.4) is 0 Å². The number of allylic oxidation sites excluding steroid dienone is 8. The first-order valence-corrected chi connectivity index (χ1v) is 32.0. The third-order valence-electron chi connectivity index (χ3n) is 9.36. The second-order valence-corrected chi connectivity index (χ2v) is 33.8. The van der Waals surface area contributed by atoms with Crippen molar-refractivity contribution in [1.29, 1.82) is 0 Å². The molecule has 2 aliphatic carbocycles. The Labute approximate surface area is 394 Å². The van der Waals surface area contributed by atoms with E-state index in [9.17, 15) is 0 Å². The molecule has 0 spiro atoms. The van der Waals surface area contributed by atoms with Crippen molar-refractivity contribution in [2.45, 2.75) is 81.6 Å². The van der Waals surface area contributed by atoms with Gasteiger partial charge in [-0.25, -0.2) is 11.1 Å². The molecule has 6 aromatic carbocycles. The van der Waals surface area contributed by atoms with Crippen LogP contribution >= 0.6 is 0 Å². The van der Waals surface area contributed by atoms with Gasteiger partial charge in [0.2, 0.25) is 0 Å². The predicted molar refractivity (Wildman–Crippen MR) is 245 cm³/mol. The third-order valence-corrected chi connectivity index (χ3v) is 9.36. The molecular weight excluding hydrogens is 934 g/mol. The SMILES string of the molecule is CC1=[C-]C(C)C=C1c1ccccc1.CC1=[C-]C(C)C=C1c1ccccc1.C[Si](C)=[Zr+2].C[Si](C)=[Zr+2].Cc1[cH-]c2ccccc2c1C.Cc1[cH-]c2ccccc2c1C.[Cl-].[Cl-]. The van der Waals surface area contributed by atoms with Gasteiger partial charge in [-0.1, -0.05) is 140 Å². The van der Waals surface area contributed by atoms with Gasteiger partial charge in [0.05, 0.1) is 0 Å². The molecule has 0 fully saturated rings. The van der Waals surface area contributed by atoms with Crippen LogP contribution in [-0.2, 0) is 46.7 Å². The maximum absolute atomic E-state index is 3.39. The molecule has 0 heterocycles. The summed E-state index contributed by atoms with van der Waals surface area (Å²) in [5.41, 5.74) is 13.9. The molecule has 0 saturated heterocycles. The third kappa shape index (κ3) is 17.8. The smallest absolute Gasteiger partial charge is 0.0576 e. The number of rotatable bonds is 2. The Morgan fingerprint density at radius 2 is 0.741 bits per heavy atom. The number of fused-ring (bicyclic) bond motifs is 2. The molecular formula is C52H60Cl2Si2Zr2-2. The van der Waals surface area contributed by atoms with Gasteiger partial charge in [0.1, 0.15) is 0 Å². The van der Waals surface area contributed by atoms with Gasteiger partial charge in [0, 0.05) is 0 Å². The second-order valence-electron chi connectivity index (χ2n) is 15.1. The minimum Gasteiger partial charge on any atom is -1.00 e. The first kappa shape index (κ1) is 53.9. The van der Waals surface area contributed by atoms with Crippen molar-refractivity contribution in [3.8, 4) is 0 Å². The van der Waals surface area contributed by atoms with E-state index >= 15 is 0 Å². The zero-order valence-corrected chi connectivity index (χ0v) is 45.0. The largest absolute Gasteiger partial charge is 1.00 e. The summed E-state index contributed by atoms with van der Waals surface area (Å²) in [6.45, 7) is 26.5. The van der Waals surface area contributed by atoms with Crippen LogP contribution in [0.25, 0.3) is 32.7 Å². The molecule has 0 nitrogen and oxygen atoms in total. The summed E-state index contributed by atoms with van der Waals surface area (Å²) >= 11 is 3.48. The van der Waals surface area contributed by atoms with Crippen molar-refractivity contribution in [2.24, 2.45) is 11.8 Å². The van der Waals surface area contributed by atoms with Crippen molar-refractivity contribution in [1.82, 2.24) is 0 Å². The summed E-state index contributed by atoms with van der Waals surface area (Å²) in [7, 11) is 0. The Morgan fingerprint density at radius 3 is 1.00 bits per heavy atom. The predicted octanol–water partition coefficient (Wildman–Crippen LogP) is 8.87. The standard InChI is InChI=1S/2C13H13.2C11H11.2C2H6Si.2ClH.2Zr/c2*1-10-8-11(2)13(9-10)12-6-4-3-5-7-12;2*1-8-7-10-5-3-4-6-11(10)9(8)2;2*1-3-2;;;;/h2*3-7,9-10H,1-2H3;2*3-7H,1-2H3;2*1-2H3;2*1H;;/q4*-1;;;;;2*+2/p-2. The van der Waals surface area contributed by atoms with E-state index in [1.165, 1.54) is 77.2 Å². The fourth-order valence-corrected chi connectivity index (χ4v) is 6.57. The second kappa shape index (κ2) is 27.6. The molecule has 0 amide bonds. The first-order valence-electron chi connectivity index (χ1n) is 19.6. The minimum absolute atomic E-state index is 0. The van der Waals surface area contributed by atoms with E-state index in [0.717, 1.165) is 0 Å². The van der Waals surface area contributed by atoms with Crippen LogP contribution in [0.1, 0.15) is 61.1 Å². The van der Waals surface area contributed by atoms with E-state index in [2.05, 4.69) is 215 Å². The summed E-state index contributed by atoms with van der Waals surface area (Å²) < 4.78 is 0.